The number of anilines is 1. The fourth-order valence-corrected chi connectivity index (χ4v) is 3.13. The van der Waals surface area contributed by atoms with Gasteiger partial charge in [-0.05, 0) is 22.9 Å². The average molecular weight is 206 g/mol. The normalized spacial score (nSPS) is 11.4. The van der Waals surface area contributed by atoms with E-state index in [1.807, 2.05) is 0 Å². The Kier molecular flexibility index (Phi) is 1.36. The van der Waals surface area contributed by atoms with Crippen LogP contribution in [0.2, 0.25) is 0 Å². The number of aromatic nitrogens is 1. The fourth-order valence-electron chi connectivity index (χ4n) is 1.43. The third-order valence-electron chi connectivity index (χ3n) is 1.99. The number of nitrogen functional groups attached to an aromatic ring is 1. The molecule has 3 rings (SSSR count). The van der Waals surface area contributed by atoms with Crippen molar-refractivity contribution in [3.8, 4) is 0 Å². The monoisotopic (exact) mass is 206 g/mol. The highest BCUT2D eigenvalue weighted by atomic mass is 32.1. The lowest BCUT2D eigenvalue weighted by Gasteiger charge is -1.88. The Hall–Kier alpha value is -1.13. The number of thiazole rings is 1. The Bertz CT molecular complexity index is 579. The summed E-state index contributed by atoms with van der Waals surface area (Å²) < 4.78 is 2.41. The van der Waals surface area contributed by atoms with Crippen LogP contribution >= 0.6 is 22.7 Å². The van der Waals surface area contributed by atoms with Crippen molar-refractivity contribution in [1.29, 1.82) is 0 Å². The molecule has 2 nitrogen and oxygen atoms in total. The molecule has 0 bridgehead atoms. The Labute approximate surface area is 82.6 Å². The topological polar surface area (TPSA) is 38.9 Å². The lowest BCUT2D eigenvalue weighted by Crippen LogP contribution is -1.79. The summed E-state index contributed by atoms with van der Waals surface area (Å²) in [5.41, 5.74) is 6.71. The SMILES string of the molecule is Nc1nc2c(ccc3ccsc32)s1. The van der Waals surface area contributed by atoms with Crippen LogP contribution in [0.3, 0.4) is 0 Å². The largest absolute Gasteiger partial charge is 0.375 e. The Morgan fingerprint density at radius 2 is 2.15 bits per heavy atom. The summed E-state index contributed by atoms with van der Waals surface area (Å²) in [5.74, 6) is 0. The lowest BCUT2D eigenvalue weighted by atomic mass is 10.2. The molecule has 0 aliphatic rings. The van der Waals surface area contributed by atoms with Gasteiger partial charge in [-0.2, -0.15) is 0 Å². The fraction of sp³-hybridized carbons (Fsp3) is 0. The third kappa shape index (κ3) is 0.959. The second kappa shape index (κ2) is 2.43. The van der Waals surface area contributed by atoms with Crippen molar-refractivity contribution >= 4 is 48.1 Å². The molecule has 13 heavy (non-hydrogen) atoms. The van der Waals surface area contributed by atoms with E-state index >= 15 is 0 Å². The Morgan fingerprint density at radius 3 is 3.08 bits per heavy atom. The van der Waals surface area contributed by atoms with Gasteiger partial charge in [-0.3, -0.25) is 0 Å². The quantitative estimate of drug-likeness (QED) is 0.614. The van der Waals surface area contributed by atoms with Gasteiger partial charge in [0.05, 0.1) is 9.40 Å². The average Bonchev–Trinajstić information content (AvgIpc) is 2.65. The van der Waals surface area contributed by atoms with Crippen LogP contribution in [0, 0.1) is 0 Å². The highest BCUT2D eigenvalue weighted by Gasteiger charge is 2.05. The van der Waals surface area contributed by atoms with E-state index < -0.39 is 0 Å². The van der Waals surface area contributed by atoms with E-state index in [0.29, 0.717) is 5.13 Å². The Morgan fingerprint density at radius 1 is 1.23 bits per heavy atom. The molecule has 0 spiro atoms. The zero-order valence-electron chi connectivity index (χ0n) is 6.65. The van der Waals surface area contributed by atoms with Gasteiger partial charge in [0.25, 0.3) is 0 Å². The van der Waals surface area contributed by atoms with Crippen LogP contribution < -0.4 is 5.73 Å². The summed E-state index contributed by atoms with van der Waals surface area (Å²) >= 11 is 3.26. The summed E-state index contributed by atoms with van der Waals surface area (Å²) in [6.07, 6.45) is 0. The molecule has 0 saturated heterocycles. The molecule has 0 amide bonds. The van der Waals surface area contributed by atoms with Crippen molar-refractivity contribution in [3.05, 3.63) is 23.6 Å². The molecule has 0 saturated carbocycles. The van der Waals surface area contributed by atoms with Gasteiger partial charge < -0.3 is 5.73 Å². The zero-order valence-corrected chi connectivity index (χ0v) is 8.28. The van der Waals surface area contributed by atoms with Gasteiger partial charge in [0, 0.05) is 0 Å². The number of benzene rings is 1. The molecular formula is C9H6N2S2. The molecule has 3 aromatic rings. The van der Waals surface area contributed by atoms with Crippen molar-refractivity contribution in [3.63, 3.8) is 0 Å². The summed E-state index contributed by atoms with van der Waals surface area (Å²) in [7, 11) is 0. The minimum atomic E-state index is 0.649. The number of nitrogens with zero attached hydrogens (tertiary/aromatic N) is 1. The summed E-state index contributed by atoms with van der Waals surface area (Å²) in [5, 5.41) is 3.98. The first-order valence-corrected chi connectivity index (χ1v) is 5.56. The van der Waals surface area contributed by atoms with E-state index in [-0.39, 0.29) is 0 Å². The van der Waals surface area contributed by atoms with Crippen LogP contribution in [0.25, 0.3) is 20.3 Å². The Balaban J connectivity index is 2.64. The molecule has 0 aliphatic heterocycles. The van der Waals surface area contributed by atoms with Crippen molar-refractivity contribution in [2.75, 3.05) is 5.73 Å². The summed E-state index contributed by atoms with van der Waals surface area (Å²) in [4.78, 5) is 4.32. The van der Waals surface area contributed by atoms with Crippen LogP contribution in [0.1, 0.15) is 0 Å². The van der Waals surface area contributed by atoms with E-state index in [0.717, 1.165) is 5.52 Å². The molecule has 0 radical (unpaired) electrons. The summed E-state index contributed by atoms with van der Waals surface area (Å²) in [6, 6.07) is 6.30. The number of fused-ring (bicyclic) bond motifs is 3. The minimum Gasteiger partial charge on any atom is -0.375 e. The molecule has 4 heteroatoms. The van der Waals surface area contributed by atoms with E-state index in [2.05, 4.69) is 28.6 Å². The molecular weight excluding hydrogens is 200 g/mol. The van der Waals surface area contributed by atoms with Crippen molar-refractivity contribution in [2.45, 2.75) is 0 Å². The number of nitrogens with two attached hydrogens (primary N) is 1. The van der Waals surface area contributed by atoms with Crippen molar-refractivity contribution < 1.29 is 0 Å². The van der Waals surface area contributed by atoms with E-state index in [4.69, 9.17) is 5.73 Å². The first-order valence-electron chi connectivity index (χ1n) is 3.87. The second-order valence-corrected chi connectivity index (χ2v) is 4.78. The molecule has 2 heterocycles. The lowest BCUT2D eigenvalue weighted by molar-refractivity contribution is 1.52. The van der Waals surface area contributed by atoms with E-state index in [9.17, 15) is 0 Å². The highest BCUT2D eigenvalue weighted by Crippen LogP contribution is 2.33. The van der Waals surface area contributed by atoms with Gasteiger partial charge in [0.1, 0.15) is 5.52 Å². The molecule has 1 aromatic carbocycles. The maximum atomic E-state index is 5.66. The van der Waals surface area contributed by atoms with E-state index in [1.165, 1.54) is 14.8 Å². The maximum Gasteiger partial charge on any atom is 0.181 e. The number of hydrogen-bond acceptors (Lipinski definition) is 4. The highest BCUT2D eigenvalue weighted by molar-refractivity contribution is 7.23. The van der Waals surface area contributed by atoms with Gasteiger partial charge in [0.2, 0.25) is 0 Å². The smallest absolute Gasteiger partial charge is 0.181 e. The number of rotatable bonds is 0. The van der Waals surface area contributed by atoms with Gasteiger partial charge >= 0.3 is 0 Å². The molecule has 0 aliphatic carbocycles. The first kappa shape index (κ1) is 7.29. The van der Waals surface area contributed by atoms with Gasteiger partial charge in [-0.1, -0.05) is 17.4 Å². The van der Waals surface area contributed by atoms with Crippen LogP contribution in [0.4, 0.5) is 5.13 Å². The molecule has 2 N–H and O–H groups in total. The van der Waals surface area contributed by atoms with Crippen LogP contribution in [-0.2, 0) is 0 Å². The predicted octanol–water partition coefficient (Wildman–Crippen LogP) is 3.09. The molecule has 0 unspecified atom stereocenters. The van der Waals surface area contributed by atoms with Crippen molar-refractivity contribution in [1.82, 2.24) is 4.98 Å². The standard InChI is InChI=1S/C9H6N2S2/c10-9-11-7-6(13-9)2-1-5-3-4-12-8(5)7/h1-4H,(H2,10,11). The van der Waals surface area contributed by atoms with Crippen molar-refractivity contribution in [2.24, 2.45) is 0 Å². The third-order valence-corrected chi connectivity index (χ3v) is 3.78. The predicted molar refractivity (Wildman–Crippen MR) is 59.4 cm³/mol. The van der Waals surface area contributed by atoms with Crippen LogP contribution in [0.5, 0.6) is 0 Å². The molecule has 0 atom stereocenters. The number of thiophene rings is 1. The zero-order chi connectivity index (χ0) is 8.84. The summed E-state index contributed by atoms with van der Waals surface area (Å²) in [6.45, 7) is 0. The molecule has 0 fully saturated rings. The molecule has 64 valence electrons. The van der Waals surface area contributed by atoms with Gasteiger partial charge in [0.15, 0.2) is 5.13 Å². The second-order valence-electron chi connectivity index (χ2n) is 2.80. The van der Waals surface area contributed by atoms with Gasteiger partial charge in [-0.25, -0.2) is 4.98 Å². The van der Waals surface area contributed by atoms with Crippen LogP contribution in [0.15, 0.2) is 23.6 Å². The molecule has 2 aromatic heterocycles. The minimum absolute atomic E-state index is 0.649. The number of hydrogen-bond donors (Lipinski definition) is 1. The van der Waals surface area contributed by atoms with Gasteiger partial charge in [-0.15, -0.1) is 11.3 Å². The maximum absolute atomic E-state index is 5.66. The van der Waals surface area contributed by atoms with Crippen LogP contribution in [-0.4, -0.2) is 4.98 Å². The van der Waals surface area contributed by atoms with E-state index in [1.54, 1.807) is 22.7 Å². The first-order chi connectivity index (χ1) is 6.34.